The molecule has 3 nitrogen and oxygen atoms in total. The Kier molecular flexibility index (Phi) is 4.53. The van der Waals surface area contributed by atoms with E-state index in [4.69, 9.17) is 0 Å². The summed E-state index contributed by atoms with van der Waals surface area (Å²) >= 11 is 0. The van der Waals surface area contributed by atoms with Crippen LogP contribution in [0.3, 0.4) is 0 Å². The van der Waals surface area contributed by atoms with Gasteiger partial charge in [0.2, 0.25) is 0 Å². The van der Waals surface area contributed by atoms with Crippen molar-refractivity contribution in [3.8, 4) is 0 Å². The summed E-state index contributed by atoms with van der Waals surface area (Å²) in [5, 5.41) is 3.35. The van der Waals surface area contributed by atoms with Crippen molar-refractivity contribution in [3.05, 3.63) is 30.1 Å². The highest BCUT2D eigenvalue weighted by atomic mass is 19.1. The zero-order chi connectivity index (χ0) is 13.8. The van der Waals surface area contributed by atoms with Crippen molar-refractivity contribution >= 4 is 5.69 Å². The third-order valence-corrected chi connectivity index (χ3v) is 4.28. The van der Waals surface area contributed by atoms with Crippen LogP contribution in [-0.4, -0.2) is 55.6 Å². The number of rotatable bonds is 6. The lowest BCUT2D eigenvalue weighted by molar-refractivity contribution is 0.132. The van der Waals surface area contributed by atoms with E-state index in [0.29, 0.717) is 0 Å². The molecule has 1 saturated carbocycles. The molecule has 0 amide bonds. The highest BCUT2D eigenvalue weighted by Gasteiger charge is 2.26. The van der Waals surface area contributed by atoms with E-state index in [0.717, 1.165) is 24.7 Å². The molecule has 0 spiro atoms. The molecule has 20 heavy (non-hydrogen) atoms. The molecule has 4 heteroatoms. The van der Waals surface area contributed by atoms with Gasteiger partial charge in [0.15, 0.2) is 0 Å². The summed E-state index contributed by atoms with van der Waals surface area (Å²) in [4.78, 5) is 5.13. The van der Waals surface area contributed by atoms with Crippen molar-refractivity contribution in [2.75, 3.05) is 51.1 Å². The molecule has 1 aromatic carbocycles. The van der Waals surface area contributed by atoms with Crippen LogP contribution in [-0.2, 0) is 0 Å². The molecule has 1 aliphatic carbocycles. The number of nitrogens with one attached hydrogen (secondary N) is 1. The van der Waals surface area contributed by atoms with Crippen LogP contribution in [0.1, 0.15) is 12.8 Å². The third-order valence-electron chi connectivity index (χ3n) is 4.28. The summed E-state index contributed by atoms with van der Waals surface area (Å²) < 4.78 is 12.8. The van der Waals surface area contributed by atoms with Crippen molar-refractivity contribution in [2.24, 2.45) is 5.92 Å². The second-order valence-electron chi connectivity index (χ2n) is 6.02. The molecule has 2 aliphatic rings. The topological polar surface area (TPSA) is 18.5 Å². The first-order valence-corrected chi connectivity index (χ1v) is 7.74. The summed E-state index contributed by atoms with van der Waals surface area (Å²) in [7, 11) is 0. The molecule has 1 saturated heterocycles. The monoisotopic (exact) mass is 277 g/mol. The Morgan fingerprint density at radius 1 is 1.00 bits per heavy atom. The van der Waals surface area contributed by atoms with Crippen LogP contribution in [0.2, 0.25) is 0 Å². The molecule has 1 aromatic rings. The lowest BCUT2D eigenvalue weighted by Gasteiger charge is -2.34. The highest BCUT2D eigenvalue weighted by molar-refractivity contribution is 5.42. The molecule has 0 atom stereocenters. The highest BCUT2D eigenvalue weighted by Crippen LogP contribution is 2.29. The summed E-state index contributed by atoms with van der Waals surface area (Å²) in [5.74, 6) is 0.823. The Morgan fingerprint density at radius 2 is 1.65 bits per heavy atom. The zero-order valence-corrected chi connectivity index (χ0v) is 12.0. The Bertz CT molecular complexity index is 408. The molecule has 2 fully saturated rings. The van der Waals surface area contributed by atoms with Gasteiger partial charge in [-0.1, -0.05) is 0 Å². The fraction of sp³-hybridized carbons (Fsp3) is 0.625. The molecule has 0 bridgehead atoms. The predicted molar refractivity (Wildman–Crippen MR) is 80.5 cm³/mol. The standard InChI is InChI=1S/C16H24FN3/c17-15-3-5-16(6-4-15)18-7-8-19-9-11-20(12-10-19)13-14-1-2-14/h3-6,14,18H,1-2,7-13H2. The van der Waals surface area contributed by atoms with E-state index in [2.05, 4.69) is 15.1 Å². The predicted octanol–water partition coefficient (Wildman–Crippen LogP) is 2.27. The molecule has 1 N–H and O–H groups in total. The molecular formula is C16H24FN3. The average molecular weight is 277 g/mol. The van der Waals surface area contributed by atoms with Gasteiger partial charge in [0, 0.05) is 51.5 Å². The van der Waals surface area contributed by atoms with E-state index in [1.54, 1.807) is 12.1 Å². The summed E-state index contributed by atoms with van der Waals surface area (Å²) in [6.07, 6.45) is 2.89. The van der Waals surface area contributed by atoms with Crippen molar-refractivity contribution in [3.63, 3.8) is 0 Å². The Labute approximate surface area is 120 Å². The van der Waals surface area contributed by atoms with Gasteiger partial charge in [-0.15, -0.1) is 0 Å². The van der Waals surface area contributed by atoms with Crippen LogP contribution >= 0.6 is 0 Å². The van der Waals surface area contributed by atoms with Gasteiger partial charge in [-0.2, -0.15) is 0 Å². The Morgan fingerprint density at radius 3 is 2.30 bits per heavy atom. The van der Waals surface area contributed by atoms with E-state index in [1.165, 1.54) is 57.7 Å². The van der Waals surface area contributed by atoms with Crippen molar-refractivity contribution in [1.82, 2.24) is 9.80 Å². The molecule has 0 unspecified atom stereocenters. The van der Waals surface area contributed by atoms with E-state index in [1.807, 2.05) is 0 Å². The average Bonchev–Trinajstić information content (AvgIpc) is 3.27. The Hall–Kier alpha value is -1.13. The maximum absolute atomic E-state index is 12.8. The van der Waals surface area contributed by atoms with Crippen LogP contribution in [0.25, 0.3) is 0 Å². The quantitative estimate of drug-likeness (QED) is 0.860. The van der Waals surface area contributed by atoms with Crippen LogP contribution in [0.15, 0.2) is 24.3 Å². The largest absolute Gasteiger partial charge is 0.384 e. The number of benzene rings is 1. The van der Waals surface area contributed by atoms with Crippen LogP contribution in [0.4, 0.5) is 10.1 Å². The fourth-order valence-corrected chi connectivity index (χ4v) is 2.79. The van der Waals surface area contributed by atoms with Crippen LogP contribution in [0, 0.1) is 11.7 Å². The van der Waals surface area contributed by atoms with Gasteiger partial charge in [-0.05, 0) is 43.0 Å². The van der Waals surface area contributed by atoms with Crippen molar-refractivity contribution in [2.45, 2.75) is 12.8 Å². The molecular weight excluding hydrogens is 253 g/mol. The maximum atomic E-state index is 12.8. The SMILES string of the molecule is Fc1ccc(NCCN2CCN(CC3CC3)CC2)cc1. The van der Waals surface area contributed by atoms with Gasteiger partial charge < -0.3 is 10.2 Å². The van der Waals surface area contributed by atoms with Gasteiger partial charge >= 0.3 is 0 Å². The summed E-state index contributed by atoms with van der Waals surface area (Å²) in [5.41, 5.74) is 0.999. The van der Waals surface area contributed by atoms with Crippen LogP contribution in [0.5, 0.6) is 0 Å². The number of halogens is 1. The van der Waals surface area contributed by atoms with Crippen molar-refractivity contribution < 1.29 is 4.39 Å². The second-order valence-corrected chi connectivity index (χ2v) is 6.02. The fourth-order valence-electron chi connectivity index (χ4n) is 2.79. The minimum atomic E-state index is -0.178. The normalized spacial score (nSPS) is 21.1. The number of hydrogen-bond donors (Lipinski definition) is 1. The first kappa shape index (κ1) is 13.8. The van der Waals surface area contributed by atoms with E-state index in [9.17, 15) is 4.39 Å². The maximum Gasteiger partial charge on any atom is 0.123 e. The van der Waals surface area contributed by atoms with Crippen molar-refractivity contribution in [1.29, 1.82) is 0 Å². The smallest absolute Gasteiger partial charge is 0.123 e. The minimum Gasteiger partial charge on any atom is -0.384 e. The number of piperazine rings is 1. The van der Waals surface area contributed by atoms with Gasteiger partial charge in [0.25, 0.3) is 0 Å². The minimum absolute atomic E-state index is 0.178. The van der Waals surface area contributed by atoms with Gasteiger partial charge in [-0.25, -0.2) is 4.39 Å². The number of anilines is 1. The Balaban J connectivity index is 1.32. The lowest BCUT2D eigenvalue weighted by Crippen LogP contribution is -2.48. The molecule has 1 aliphatic heterocycles. The summed E-state index contributed by atoms with van der Waals surface area (Å²) in [6.45, 7) is 8.10. The number of nitrogens with zero attached hydrogens (tertiary/aromatic N) is 2. The van der Waals surface area contributed by atoms with E-state index in [-0.39, 0.29) is 5.82 Å². The molecule has 1 heterocycles. The van der Waals surface area contributed by atoms with E-state index >= 15 is 0 Å². The van der Waals surface area contributed by atoms with Crippen LogP contribution < -0.4 is 5.32 Å². The molecule has 3 rings (SSSR count). The third kappa shape index (κ3) is 4.18. The zero-order valence-electron chi connectivity index (χ0n) is 12.0. The van der Waals surface area contributed by atoms with Gasteiger partial charge in [0.05, 0.1) is 0 Å². The first-order valence-electron chi connectivity index (χ1n) is 7.74. The lowest BCUT2D eigenvalue weighted by atomic mass is 10.2. The van der Waals surface area contributed by atoms with Gasteiger partial charge in [0.1, 0.15) is 5.82 Å². The van der Waals surface area contributed by atoms with Gasteiger partial charge in [-0.3, -0.25) is 4.90 Å². The molecule has 110 valence electrons. The molecule has 0 radical (unpaired) electrons. The molecule has 0 aromatic heterocycles. The first-order chi connectivity index (χ1) is 9.79. The number of hydrogen-bond acceptors (Lipinski definition) is 3. The summed E-state index contributed by atoms with van der Waals surface area (Å²) in [6, 6.07) is 6.59. The van der Waals surface area contributed by atoms with E-state index < -0.39 is 0 Å². The second kappa shape index (κ2) is 6.55.